The van der Waals surface area contributed by atoms with Crippen molar-refractivity contribution in [3.63, 3.8) is 0 Å². The molecule has 10 heteroatoms. The van der Waals surface area contributed by atoms with Gasteiger partial charge in [0.25, 0.3) is 0 Å². The van der Waals surface area contributed by atoms with Crippen molar-refractivity contribution in [2.45, 2.75) is 25.4 Å². The lowest BCUT2D eigenvalue weighted by atomic mass is 9.97. The van der Waals surface area contributed by atoms with Gasteiger partial charge in [-0.3, -0.25) is 14.8 Å². The van der Waals surface area contributed by atoms with E-state index in [0.717, 1.165) is 38.2 Å². The van der Waals surface area contributed by atoms with Crippen LogP contribution in [0.3, 0.4) is 0 Å². The van der Waals surface area contributed by atoms with Crippen LogP contribution in [-0.4, -0.2) is 64.1 Å². The summed E-state index contributed by atoms with van der Waals surface area (Å²) in [4.78, 5) is 33.3. The Bertz CT molecular complexity index is 1020. The zero-order valence-electron chi connectivity index (χ0n) is 18.6. The molecule has 1 saturated carbocycles. The Balaban J connectivity index is 0.00000259. The van der Waals surface area contributed by atoms with E-state index in [1.54, 1.807) is 17.2 Å². The fourth-order valence-electron chi connectivity index (χ4n) is 5.04. The molecule has 2 unspecified atom stereocenters. The number of hydrogen-bond acceptors (Lipinski definition) is 6. The third kappa shape index (κ3) is 5.06. The van der Waals surface area contributed by atoms with Gasteiger partial charge in [0, 0.05) is 45.0 Å². The van der Waals surface area contributed by atoms with E-state index in [1.165, 1.54) is 10.1 Å². The van der Waals surface area contributed by atoms with Gasteiger partial charge in [-0.05, 0) is 60.9 Å². The normalized spacial score (nSPS) is 24.8. The lowest BCUT2D eigenvalue weighted by molar-refractivity contribution is 0.184. The number of likely N-dealkylation sites (tertiary alicyclic amines) is 2. The number of benzene rings is 1. The number of carbonyl (C=O) groups is 1. The minimum absolute atomic E-state index is 0. The Morgan fingerprint density at radius 3 is 2.36 bits per heavy atom. The quantitative estimate of drug-likeness (QED) is 0.600. The third-order valence-corrected chi connectivity index (χ3v) is 7.23. The first-order chi connectivity index (χ1) is 15.5. The van der Waals surface area contributed by atoms with Gasteiger partial charge in [0.1, 0.15) is 5.82 Å². The van der Waals surface area contributed by atoms with Crippen LogP contribution < -0.4 is 22.5 Å². The molecule has 0 radical (unpaired) electrons. The molecule has 1 aliphatic carbocycles. The number of anilines is 1. The maximum atomic E-state index is 12.6. The van der Waals surface area contributed by atoms with E-state index >= 15 is 0 Å². The fourth-order valence-corrected chi connectivity index (χ4v) is 5.04. The molecule has 33 heavy (non-hydrogen) atoms. The summed E-state index contributed by atoms with van der Waals surface area (Å²) < 4.78 is 1.48. The third-order valence-electron chi connectivity index (χ3n) is 7.23. The molecule has 2 aliphatic heterocycles. The van der Waals surface area contributed by atoms with Gasteiger partial charge in [0.15, 0.2) is 0 Å². The van der Waals surface area contributed by atoms with Gasteiger partial charge in [-0.1, -0.05) is 12.1 Å². The molecule has 5 N–H and O–H groups in total. The summed E-state index contributed by atoms with van der Waals surface area (Å²) in [5.74, 6) is 2.10. The van der Waals surface area contributed by atoms with E-state index in [2.05, 4.69) is 15.2 Å². The van der Waals surface area contributed by atoms with E-state index in [-0.39, 0.29) is 24.3 Å². The number of urea groups is 1. The second-order valence-corrected chi connectivity index (χ2v) is 9.33. The average Bonchev–Trinajstić information content (AvgIpc) is 3.19. The fraction of sp³-hybridized carbons (Fsp3) is 0.522. The number of nitrogens with zero attached hydrogens (tertiary/aromatic N) is 4. The van der Waals surface area contributed by atoms with E-state index in [1.807, 2.05) is 24.3 Å². The second kappa shape index (κ2) is 9.80. The highest BCUT2D eigenvalue weighted by atomic mass is 35.5. The van der Waals surface area contributed by atoms with Gasteiger partial charge in [-0.25, -0.2) is 9.59 Å². The van der Waals surface area contributed by atoms with Crippen molar-refractivity contribution in [1.82, 2.24) is 19.4 Å². The highest BCUT2D eigenvalue weighted by Crippen LogP contribution is 2.44. The minimum atomic E-state index is -0.425. The zero-order chi connectivity index (χ0) is 22.2. The number of carbonyl (C=O) groups excluding carboxylic acids is 1. The highest BCUT2D eigenvalue weighted by Gasteiger charge is 2.53. The lowest BCUT2D eigenvalue weighted by Gasteiger charge is -2.31. The van der Waals surface area contributed by atoms with Gasteiger partial charge >= 0.3 is 11.7 Å². The number of piperidine rings is 2. The van der Waals surface area contributed by atoms with Gasteiger partial charge in [0.05, 0.1) is 5.69 Å². The number of nitrogens with two attached hydrogens (primary N) is 2. The average molecular weight is 474 g/mol. The van der Waals surface area contributed by atoms with Crippen molar-refractivity contribution >= 4 is 24.3 Å². The summed E-state index contributed by atoms with van der Waals surface area (Å²) in [6, 6.07) is 9.79. The van der Waals surface area contributed by atoms with Crippen LogP contribution in [-0.2, 0) is 6.54 Å². The topological polar surface area (TPSA) is 123 Å². The van der Waals surface area contributed by atoms with Crippen LogP contribution in [0, 0.1) is 17.8 Å². The first kappa shape index (κ1) is 23.7. The Hall–Kier alpha value is -2.46. The number of halogens is 1. The van der Waals surface area contributed by atoms with Crippen LogP contribution in [0.5, 0.6) is 0 Å². The molecule has 0 bridgehead atoms. The summed E-state index contributed by atoms with van der Waals surface area (Å²) in [5.41, 5.74) is 13.3. The number of aromatic nitrogens is 2. The van der Waals surface area contributed by atoms with Crippen LogP contribution in [0.15, 0.2) is 41.3 Å². The highest BCUT2D eigenvalue weighted by molar-refractivity contribution is 5.88. The largest absolute Gasteiger partial charge is 0.354 e. The minimum Gasteiger partial charge on any atom is -0.330 e. The first-order valence-corrected chi connectivity index (χ1v) is 11.4. The van der Waals surface area contributed by atoms with E-state index in [0.29, 0.717) is 43.4 Å². The molecule has 3 heterocycles. The number of rotatable bonds is 5. The number of nitrogens with one attached hydrogen (secondary N) is 1. The molecule has 2 saturated heterocycles. The van der Waals surface area contributed by atoms with Crippen LogP contribution in [0.2, 0.25) is 0 Å². The lowest BCUT2D eigenvalue weighted by Crippen LogP contribution is -2.42. The van der Waals surface area contributed by atoms with Crippen molar-refractivity contribution in [3.8, 4) is 5.69 Å². The smallest absolute Gasteiger partial charge is 0.330 e. The summed E-state index contributed by atoms with van der Waals surface area (Å²) in [6.45, 7) is 5.06. The molecule has 3 aliphatic rings. The van der Waals surface area contributed by atoms with Crippen molar-refractivity contribution < 1.29 is 4.79 Å². The van der Waals surface area contributed by atoms with Crippen LogP contribution in [0.1, 0.15) is 18.4 Å². The van der Waals surface area contributed by atoms with Crippen molar-refractivity contribution in [3.05, 3.63) is 52.6 Å². The van der Waals surface area contributed by atoms with E-state index in [9.17, 15) is 9.59 Å². The Labute approximate surface area is 199 Å². The van der Waals surface area contributed by atoms with Crippen LogP contribution in [0.4, 0.5) is 10.6 Å². The molecule has 1 aromatic carbocycles. The Kier molecular flexibility index (Phi) is 7.04. The van der Waals surface area contributed by atoms with Crippen molar-refractivity contribution in [2.24, 2.45) is 29.2 Å². The predicted octanol–water partition coefficient (Wildman–Crippen LogP) is 1.25. The molecular weight excluding hydrogens is 442 g/mol. The molecule has 2 atom stereocenters. The van der Waals surface area contributed by atoms with Gasteiger partial charge in [0.2, 0.25) is 0 Å². The monoisotopic (exact) mass is 473 g/mol. The van der Waals surface area contributed by atoms with Crippen molar-refractivity contribution in [2.75, 3.05) is 38.0 Å². The molecule has 0 spiro atoms. The van der Waals surface area contributed by atoms with Gasteiger partial charge in [-0.15, -0.1) is 12.4 Å². The molecule has 3 fully saturated rings. The number of amides is 2. The number of hydrogen-bond donors (Lipinski definition) is 3. The summed E-state index contributed by atoms with van der Waals surface area (Å²) in [5, 5.41) is 2.74. The summed E-state index contributed by atoms with van der Waals surface area (Å²) >= 11 is 0. The predicted molar refractivity (Wildman–Crippen MR) is 130 cm³/mol. The maximum Gasteiger partial charge on any atom is 0.354 e. The molecule has 5 rings (SSSR count). The molecule has 2 aromatic rings. The molecular formula is C23H32ClN7O2. The van der Waals surface area contributed by atoms with Crippen LogP contribution >= 0.6 is 12.4 Å². The first-order valence-electron chi connectivity index (χ1n) is 11.4. The maximum absolute atomic E-state index is 12.6. The van der Waals surface area contributed by atoms with Gasteiger partial charge < -0.3 is 16.4 Å². The summed E-state index contributed by atoms with van der Waals surface area (Å²) in [6.07, 6.45) is 3.46. The molecule has 178 valence electrons. The van der Waals surface area contributed by atoms with Crippen molar-refractivity contribution in [1.29, 1.82) is 0 Å². The van der Waals surface area contributed by atoms with Gasteiger partial charge in [-0.2, -0.15) is 4.98 Å². The SMILES string of the molecule is Cl.NCC1CCN(C(=O)Nc2ccn(-c3ccc(CN4CC5C(N)C5C4)cc3)c(=O)n2)CC1. The van der Waals surface area contributed by atoms with E-state index < -0.39 is 5.69 Å². The van der Waals surface area contributed by atoms with Crippen LogP contribution in [0.25, 0.3) is 5.69 Å². The Morgan fingerprint density at radius 2 is 1.76 bits per heavy atom. The summed E-state index contributed by atoms with van der Waals surface area (Å²) in [7, 11) is 0. The standard InChI is InChI=1S/C23H31N7O2.ClH/c24-11-15-5-8-29(9-6-15)22(31)26-20-7-10-30(23(32)27-20)17-3-1-16(2-4-17)12-28-13-18-19(14-28)21(18)25;/h1-4,7,10,15,18-19,21H,5-6,8-9,11-14,24-25H2,(H,26,27,31,32);1H. The molecule has 9 nitrogen and oxygen atoms in total. The number of fused-ring (bicyclic) bond motifs is 1. The second-order valence-electron chi connectivity index (χ2n) is 9.33. The molecule has 2 amide bonds. The molecule has 1 aromatic heterocycles. The van der Waals surface area contributed by atoms with E-state index in [4.69, 9.17) is 11.5 Å². The zero-order valence-corrected chi connectivity index (χ0v) is 19.4. The Morgan fingerprint density at radius 1 is 1.09 bits per heavy atom.